The summed E-state index contributed by atoms with van der Waals surface area (Å²) in [7, 11) is 0. The first-order valence-electron chi connectivity index (χ1n) is 18.5. The molecule has 6 heterocycles. The van der Waals surface area contributed by atoms with E-state index in [1.807, 2.05) is 47.5 Å². The van der Waals surface area contributed by atoms with Crippen LogP contribution in [0.15, 0.2) is 195 Å². The molecule has 0 unspecified atom stereocenters. The van der Waals surface area contributed by atoms with Gasteiger partial charge in [-0.15, -0.1) is 22.7 Å². The molecule has 0 atom stereocenters. The molecule has 0 fully saturated rings. The number of anilines is 6. The summed E-state index contributed by atoms with van der Waals surface area (Å²) >= 11 is 3.65. The van der Waals surface area contributed by atoms with E-state index in [-0.39, 0.29) is 0 Å². The molecule has 0 saturated carbocycles. The second-order valence-electron chi connectivity index (χ2n) is 13.6. The topological polar surface area (TPSA) is 42.1 Å². The van der Waals surface area contributed by atoms with E-state index in [0.717, 1.165) is 44.1 Å². The fourth-order valence-corrected chi connectivity index (χ4v) is 10.3. The van der Waals surface area contributed by atoms with Crippen LogP contribution in [-0.4, -0.2) is 19.1 Å². The van der Waals surface area contributed by atoms with E-state index in [4.69, 9.17) is 0 Å². The maximum Gasteiger partial charge on any atom is 0.103 e. The Labute approximate surface area is 331 Å². The predicted molar refractivity (Wildman–Crippen MR) is 236 cm³/mol. The number of aromatic nitrogens is 4. The van der Waals surface area contributed by atoms with Crippen molar-refractivity contribution in [3.05, 3.63) is 195 Å². The highest BCUT2D eigenvalue weighted by molar-refractivity contribution is 7.24. The molecule has 56 heavy (non-hydrogen) atoms. The largest absolute Gasteiger partial charge is 0.308 e. The normalized spacial score (nSPS) is 11.6. The summed E-state index contributed by atoms with van der Waals surface area (Å²) in [5, 5.41) is 4.72. The zero-order valence-electron chi connectivity index (χ0n) is 30.0. The zero-order chi connectivity index (χ0) is 37.0. The van der Waals surface area contributed by atoms with Gasteiger partial charge in [-0.1, -0.05) is 72.8 Å². The number of nitrogens with zero attached hydrogens (tertiary/aromatic N) is 6. The van der Waals surface area contributed by atoms with Crippen LogP contribution >= 0.6 is 22.7 Å². The second kappa shape index (κ2) is 13.4. The summed E-state index contributed by atoms with van der Waals surface area (Å²) in [6.45, 7) is 0. The molecule has 0 aliphatic rings. The number of hydrogen-bond donors (Lipinski definition) is 0. The zero-order valence-corrected chi connectivity index (χ0v) is 31.6. The Kier molecular flexibility index (Phi) is 7.75. The predicted octanol–water partition coefficient (Wildman–Crippen LogP) is 13.7. The van der Waals surface area contributed by atoms with Gasteiger partial charge in [0.1, 0.15) is 10.0 Å². The number of fused-ring (bicyclic) bond motifs is 6. The summed E-state index contributed by atoms with van der Waals surface area (Å²) in [5.74, 6) is 0. The maximum atomic E-state index is 4.33. The van der Waals surface area contributed by atoms with Crippen molar-refractivity contribution in [3.63, 3.8) is 0 Å². The second-order valence-corrected chi connectivity index (χ2v) is 15.6. The first-order chi connectivity index (χ1) is 27.8. The van der Waals surface area contributed by atoms with E-state index in [9.17, 15) is 0 Å². The van der Waals surface area contributed by atoms with E-state index < -0.39 is 0 Å². The van der Waals surface area contributed by atoms with Gasteiger partial charge in [0.25, 0.3) is 0 Å². The van der Waals surface area contributed by atoms with E-state index in [1.54, 1.807) is 0 Å². The van der Waals surface area contributed by atoms with Crippen molar-refractivity contribution >= 4 is 97.7 Å². The average Bonchev–Trinajstić information content (AvgIpc) is 4.02. The van der Waals surface area contributed by atoms with Gasteiger partial charge in [0.05, 0.1) is 31.5 Å². The van der Waals surface area contributed by atoms with Gasteiger partial charge in [-0.25, -0.2) is 0 Å². The van der Waals surface area contributed by atoms with Gasteiger partial charge in [-0.3, -0.25) is 9.97 Å². The molecule has 0 amide bonds. The highest BCUT2D eigenvalue weighted by Crippen LogP contribution is 2.50. The Morgan fingerprint density at radius 2 is 0.696 bits per heavy atom. The van der Waals surface area contributed by atoms with Crippen molar-refractivity contribution in [2.24, 2.45) is 0 Å². The summed E-state index contributed by atoms with van der Waals surface area (Å²) in [5.41, 5.74) is 11.3. The lowest BCUT2D eigenvalue weighted by Crippen LogP contribution is -2.08. The van der Waals surface area contributed by atoms with Gasteiger partial charge in [-0.05, 0) is 97.1 Å². The lowest BCUT2D eigenvalue weighted by Gasteiger charge is -2.23. The smallest absolute Gasteiger partial charge is 0.103 e. The van der Waals surface area contributed by atoms with Crippen molar-refractivity contribution in [2.75, 3.05) is 9.80 Å². The molecular weight excluding hydrogens is 725 g/mol. The monoisotopic (exact) mass is 756 g/mol. The van der Waals surface area contributed by atoms with Gasteiger partial charge in [-0.2, -0.15) is 0 Å². The number of benzene rings is 5. The lowest BCUT2D eigenvalue weighted by atomic mass is 10.2. The van der Waals surface area contributed by atoms with Crippen LogP contribution < -0.4 is 9.80 Å². The fourth-order valence-electron chi connectivity index (χ4n) is 7.90. The molecule has 0 radical (unpaired) electrons. The molecule has 6 nitrogen and oxygen atoms in total. The quantitative estimate of drug-likeness (QED) is 0.155. The summed E-state index contributed by atoms with van der Waals surface area (Å²) in [4.78, 5) is 13.3. The number of para-hydroxylation sites is 4. The van der Waals surface area contributed by atoms with E-state index in [2.05, 4.69) is 199 Å². The highest BCUT2D eigenvalue weighted by Gasteiger charge is 2.25. The third-order valence-electron chi connectivity index (χ3n) is 10.3. The first-order valence-corrected chi connectivity index (χ1v) is 20.1. The Morgan fingerprint density at radius 3 is 1.07 bits per heavy atom. The molecular formula is C48H32N6S2. The van der Waals surface area contributed by atoms with Crippen LogP contribution in [0.25, 0.3) is 53.6 Å². The molecule has 266 valence electrons. The van der Waals surface area contributed by atoms with E-state index >= 15 is 0 Å². The highest BCUT2D eigenvalue weighted by atomic mass is 32.1. The van der Waals surface area contributed by atoms with Crippen LogP contribution in [0.1, 0.15) is 0 Å². The molecule has 0 N–H and O–H groups in total. The van der Waals surface area contributed by atoms with Gasteiger partial charge in [0.2, 0.25) is 0 Å². The number of hydrogen-bond acceptors (Lipinski definition) is 6. The van der Waals surface area contributed by atoms with Gasteiger partial charge >= 0.3 is 0 Å². The minimum atomic E-state index is 1.07. The van der Waals surface area contributed by atoms with Crippen LogP contribution in [-0.2, 0) is 0 Å². The summed E-state index contributed by atoms with van der Waals surface area (Å²) in [6, 6.07) is 60.5. The molecule has 11 rings (SSSR count). The van der Waals surface area contributed by atoms with E-state index in [0.29, 0.717) is 0 Å². The first kappa shape index (κ1) is 32.4. The van der Waals surface area contributed by atoms with Crippen LogP contribution in [0.5, 0.6) is 0 Å². The Morgan fingerprint density at radius 1 is 0.357 bits per heavy atom. The lowest BCUT2D eigenvalue weighted by molar-refractivity contribution is 1.17. The minimum absolute atomic E-state index is 1.07. The summed E-state index contributed by atoms with van der Waals surface area (Å²) in [6.07, 6.45) is 7.44. The molecule has 6 aromatic heterocycles. The maximum absolute atomic E-state index is 4.33. The van der Waals surface area contributed by atoms with Crippen molar-refractivity contribution in [1.29, 1.82) is 0 Å². The molecule has 0 saturated heterocycles. The summed E-state index contributed by atoms with van der Waals surface area (Å²) < 4.78 is 7.36. The van der Waals surface area contributed by atoms with Gasteiger partial charge in [0, 0.05) is 69.7 Å². The Hall–Kier alpha value is -7.00. The van der Waals surface area contributed by atoms with Crippen molar-refractivity contribution in [2.45, 2.75) is 0 Å². The average molecular weight is 757 g/mol. The number of rotatable bonds is 8. The molecule has 0 aliphatic carbocycles. The fraction of sp³-hybridized carbons (Fsp3) is 0. The Balaban J connectivity index is 1.20. The molecule has 0 aliphatic heterocycles. The van der Waals surface area contributed by atoms with Crippen LogP contribution in [0.4, 0.5) is 32.8 Å². The van der Waals surface area contributed by atoms with E-state index in [1.165, 1.54) is 42.2 Å². The van der Waals surface area contributed by atoms with Gasteiger partial charge < -0.3 is 18.9 Å². The van der Waals surface area contributed by atoms with Crippen molar-refractivity contribution in [1.82, 2.24) is 19.1 Å². The minimum Gasteiger partial charge on any atom is -0.308 e. The number of thiophene rings is 2. The number of pyridine rings is 2. The van der Waals surface area contributed by atoms with Crippen LogP contribution in [0.2, 0.25) is 0 Å². The molecule has 0 spiro atoms. The Bertz CT molecular complexity index is 2830. The molecule has 5 aromatic carbocycles. The van der Waals surface area contributed by atoms with Crippen LogP contribution in [0.3, 0.4) is 0 Å². The molecule has 11 aromatic rings. The SMILES string of the molecule is c1ccc(N(c2ccncc2)c2cc3c(s2)c2cc4c(cc2n3-c2ccccc2)c2sc(N(c3ccccc3)c3ccncc3)cc2n4-c2ccccc2)cc1. The standard InChI is InChI=1S/C48H32N6S2/c1-5-13-33(14-6-1)51(37-21-25-49-26-22-37)45-31-43-47(55-45)39-29-42-40(30-41(39)53(43)35-17-9-3-10-18-35)48-44(54(42)36-19-11-4-12-20-36)32-46(56-48)52(34-15-7-2-8-16-34)38-23-27-50-28-24-38/h1-32H. The molecule has 0 bridgehead atoms. The third-order valence-corrected chi connectivity index (χ3v) is 12.6. The van der Waals surface area contributed by atoms with Crippen molar-refractivity contribution in [3.8, 4) is 11.4 Å². The van der Waals surface area contributed by atoms with Gasteiger partial charge in [0.15, 0.2) is 0 Å². The van der Waals surface area contributed by atoms with Crippen molar-refractivity contribution < 1.29 is 0 Å². The third kappa shape index (κ3) is 5.30. The molecule has 8 heteroatoms. The van der Waals surface area contributed by atoms with Crippen LogP contribution in [0, 0.1) is 0 Å².